The van der Waals surface area contributed by atoms with Crippen LogP contribution < -0.4 is 9.47 Å². The van der Waals surface area contributed by atoms with E-state index < -0.39 is 11.5 Å². The molecule has 5 nitrogen and oxygen atoms in total. The lowest BCUT2D eigenvalue weighted by atomic mass is 10.1. The molecule has 1 N–H and O–H groups in total. The van der Waals surface area contributed by atoms with Crippen molar-refractivity contribution in [2.45, 2.75) is 6.61 Å². The number of benzene rings is 2. The first-order valence-electron chi connectivity index (χ1n) is 7.05. The Hall–Kier alpha value is -2.68. The lowest BCUT2D eigenvalue weighted by Crippen LogP contribution is -2.02. The number of halogens is 2. The first-order chi connectivity index (χ1) is 12.0. The monoisotopic (exact) mass is 377 g/mol. The number of ether oxygens (including phenoxy) is 2. The van der Waals surface area contributed by atoms with Gasteiger partial charge in [0.1, 0.15) is 18.2 Å². The van der Waals surface area contributed by atoms with Crippen LogP contribution in [-0.4, -0.2) is 18.2 Å². The van der Waals surface area contributed by atoms with Crippen LogP contribution >= 0.6 is 23.2 Å². The number of nitriles is 1. The molecule has 0 atom stereocenters. The van der Waals surface area contributed by atoms with Gasteiger partial charge in [0, 0.05) is 21.2 Å². The first kappa shape index (κ1) is 18.7. The number of rotatable bonds is 6. The molecule has 0 amide bonds. The van der Waals surface area contributed by atoms with Gasteiger partial charge in [-0.1, -0.05) is 41.4 Å². The van der Waals surface area contributed by atoms with Gasteiger partial charge in [-0.3, -0.25) is 0 Å². The zero-order valence-corrected chi connectivity index (χ0v) is 14.6. The smallest absolute Gasteiger partial charge is 0.346 e. The van der Waals surface area contributed by atoms with E-state index in [2.05, 4.69) is 0 Å². The fourth-order valence-electron chi connectivity index (χ4n) is 2.07. The van der Waals surface area contributed by atoms with Crippen LogP contribution in [0.5, 0.6) is 11.5 Å². The summed E-state index contributed by atoms with van der Waals surface area (Å²) < 4.78 is 11.1. The molecule has 0 aliphatic carbocycles. The summed E-state index contributed by atoms with van der Waals surface area (Å²) in [5.41, 5.74) is 0.556. The third-order valence-corrected chi connectivity index (χ3v) is 4.01. The zero-order valence-electron chi connectivity index (χ0n) is 13.1. The van der Waals surface area contributed by atoms with Crippen molar-refractivity contribution in [3.8, 4) is 17.6 Å². The van der Waals surface area contributed by atoms with Crippen molar-refractivity contribution in [3.05, 3.63) is 63.1 Å². The minimum atomic E-state index is -1.33. The Morgan fingerprint density at radius 1 is 1.24 bits per heavy atom. The predicted molar refractivity (Wildman–Crippen MR) is 95.0 cm³/mol. The highest BCUT2D eigenvalue weighted by Gasteiger charge is 2.14. The third-order valence-electron chi connectivity index (χ3n) is 3.30. The fourth-order valence-corrected chi connectivity index (χ4v) is 2.58. The first-order valence-corrected chi connectivity index (χ1v) is 7.81. The highest BCUT2D eigenvalue weighted by Crippen LogP contribution is 2.34. The number of nitrogens with zero attached hydrogens (tertiary/aromatic N) is 1. The van der Waals surface area contributed by atoms with Crippen LogP contribution in [0.3, 0.4) is 0 Å². The molecule has 0 radical (unpaired) electrons. The SMILES string of the molecule is COc1cccc(C=C(C#N)C(=O)O)c1OCc1c(Cl)cccc1Cl. The second kappa shape index (κ2) is 8.43. The molecule has 0 spiro atoms. The number of para-hydroxylation sites is 1. The number of aliphatic carboxylic acids is 1. The van der Waals surface area contributed by atoms with Crippen LogP contribution in [0.25, 0.3) is 6.08 Å². The molecule has 2 aromatic carbocycles. The van der Waals surface area contributed by atoms with Crippen molar-refractivity contribution in [2.24, 2.45) is 0 Å². The molecule has 0 fully saturated rings. The van der Waals surface area contributed by atoms with E-state index in [4.69, 9.17) is 43.0 Å². The average Bonchev–Trinajstić information content (AvgIpc) is 2.59. The van der Waals surface area contributed by atoms with E-state index in [0.29, 0.717) is 26.9 Å². The molecule has 0 saturated heterocycles. The molecule has 0 saturated carbocycles. The van der Waals surface area contributed by atoms with Crippen LogP contribution in [0.15, 0.2) is 42.0 Å². The molecule has 0 heterocycles. The number of carbonyl (C=O) groups is 1. The maximum Gasteiger partial charge on any atom is 0.346 e. The minimum Gasteiger partial charge on any atom is -0.493 e. The van der Waals surface area contributed by atoms with Crippen molar-refractivity contribution in [1.82, 2.24) is 0 Å². The maximum atomic E-state index is 11.1. The van der Waals surface area contributed by atoms with Gasteiger partial charge in [-0.05, 0) is 24.3 Å². The van der Waals surface area contributed by atoms with Crippen LogP contribution in [0.4, 0.5) is 0 Å². The Balaban J connectivity index is 2.43. The van der Waals surface area contributed by atoms with Gasteiger partial charge in [-0.2, -0.15) is 5.26 Å². The molecule has 25 heavy (non-hydrogen) atoms. The van der Waals surface area contributed by atoms with Crippen molar-refractivity contribution in [2.75, 3.05) is 7.11 Å². The van der Waals surface area contributed by atoms with E-state index in [9.17, 15) is 4.79 Å². The number of methoxy groups -OCH3 is 1. The van der Waals surface area contributed by atoms with Gasteiger partial charge >= 0.3 is 5.97 Å². The Kier molecular flexibility index (Phi) is 6.29. The number of carboxylic acids is 1. The van der Waals surface area contributed by atoms with E-state index >= 15 is 0 Å². The third kappa shape index (κ3) is 4.44. The molecular weight excluding hydrogens is 365 g/mol. The lowest BCUT2D eigenvalue weighted by Gasteiger charge is -2.15. The van der Waals surface area contributed by atoms with Crippen molar-refractivity contribution >= 4 is 35.2 Å². The van der Waals surface area contributed by atoms with Crippen LogP contribution in [0.1, 0.15) is 11.1 Å². The molecule has 0 unspecified atom stereocenters. The Morgan fingerprint density at radius 3 is 2.44 bits per heavy atom. The predicted octanol–water partition coefficient (Wildman–Crippen LogP) is 4.57. The van der Waals surface area contributed by atoms with Gasteiger partial charge < -0.3 is 14.6 Å². The summed E-state index contributed by atoms with van der Waals surface area (Å²) in [5, 5.41) is 18.9. The fraction of sp³-hybridized carbons (Fsp3) is 0.111. The van der Waals surface area contributed by atoms with E-state index in [1.165, 1.54) is 13.2 Å². The summed E-state index contributed by atoms with van der Waals surface area (Å²) in [6.45, 7) is 0.0503. The summed E-state index contributed by atoms with van der Waals surface area (Å²) in [5.74, 6) is -0.653. The van der Waals surface area contributed by atoms with Crippen molar-refractivity contribution < 1.29 is 19.4 Å². The van der Waals surface area contributed by atoms with Gasteiger partial charge in [0.2, 0.25) is 0 Å². The number of carboxylic acid groups (broad SMARTS) is 1. The minimum absolute atomic E-state index is 0.0503. The van der Waals surface area contributed by atoms with Crippen molar-refractivity contribution in [3.63, 3.8) is 0 Å². The van der Waals surface area contributed by atoms with Gasteiger partial charge in [0.05, 0.1) is 7.11 Å². The Bertz CT molecular complexity index is 852. The largest absolute Gasteiger partial charge is 0.493 e. The number of hydrogen-bond acceptors (Lipinski definition) is 4. The summed E-state index contributed by atoms with van der Waals surface area (Å²) in [7, 11) is 1.46. The van der Waals surface area contributed by atoms with Gasteiger partial charge in [0.25, 0.3) is 0 Å². The van der Waals surface area contributed by atoms with Crippen LogP contribution in [0, 0.1) is 11.3 Å². The lowest BCUT2D eigenvalue weighted by molar-refractivity contribution is -0.132. The Morgan fingerprint density at radius 2 is 1.88 bits per heavy atom. The van der Waals surface area contributed by atoms with E-state index in [1.54, 1.807) is 42.5 Å². The van der Waals surface area contributed by atoms with Crippen LogP contribution in [-0.2, 0) is 11.4 Å². The van der Waals surface area contributed by atoms with E-state index in [1.807, 2.05) is 0 Å². The maximum absolute atomic E-state index is 11.1. The van der Waals surface area contributed by atoms with Crippen molar-refractivity contribution in [1.29, 1.82) is 5.26 Å². The molecule has 0 aliphatic heterocycles. The molecule has 0 bridgehead atoms. The topological polar surface area (TPSA) is 79.5 Å². The second-order valence-corrected chi connectivity index (χ2v) is 5.66. The standard InChI is InChI=1S/C18H13Cl2NO4/c1-24-16-7-2-4-11(8-12(9-21)18(22)23)17(16)25-10-13-14(19)5-3-6-15(13)20/h2-8H,10H2,1H3,(H,22,23). The molecule has 128 valence electrons. The summed E-state index contributed by atoms with van der Waals surface area (Å²) in [6, 6.07) is 11.7. The average molecular weight is 378 g/mol. The second-order valence-electron chi connectivity index (χ2n) is 4.84. The summed E-state index contributed by atoms with van der Waals surface area (Å²) >= 11 is 12.3. The quantitative estimate of drug-likeness (QED) is 0.588. The Labute approximate surface area is 154 Å². The highest BCUT2D eigenvalue weighted by atomic mass is 35.5. The summed E-state index contributed by atoms with van der Waals surface area (Å²) in [6.07, 6.45) is 1.22. The van der Waals surface area contributed by atoms with Gasteiger partial charge in [0.15, 0.2) is 11.5 Å². The highest BCUT2D eigenvalue weighted by molar-refractivity contribution is 6.35. The molecule has 2 aromatic rings. The number of hydrogen-bond donors (Lipinski definition) is 1. The van der Waals surface area contributed by atoms with E-state index in [0.717, 1.165) is 0 Å². The normalized spacial score (nSPS) is 10.9. The summed E-state index contributed by atoms with van der Waals surface area (Å²) in [4.78, 5) is 11.1. The van der Waals surface area contributed by atoms with Gasteiger partial charge in [-0.25, -0.2) is 4.79 Å². The molecule has 0 aromatic heterocycles. The molecular formula is C18H13Cl2NO4. The molecule has 2 rings (SSSR count). The van der Waals surface area contributed by atoms with Crippen LogP contribution in [0.2, 0.25) is 10.0 Å². The molecule has 0 aliphatic rings. The van der Waals surface area contributed by atoms with E-state index in [-0.39, 0.29) is 12.4 Å². The molecule has 7 heteroatoms. The van der Waals surface area contributed by atoms with Gasteiger partial charge in [-0.15, -0.1) is 0 Å². The zero-order chi connectivity index (χ0) is 18.4.